The van der Waals surface area contributed by atoms with E-state index in [9.17, 15) is 4.79 Å². The Morgan fingerprint density at radius 3 is 2.34 bits per heavy atom. The normalized spacial score (nSPS) is 10.8. The van der Waals surface area contributed by atoms with E-state index in [1.807, 2.05) is 6.07 Å². The number of H-pyrrole nitrogens is 1. The number of hydrogen-bond acceptors (Lipinski definition) is 4. The highest BCUT2D eigenvalue weighted by atomic mass is 32.2. The summed E-state index contributed by atoms with van der Waals surface area (Å²) < 4.78 is 10.5. The van der Waals surface area contributed by atoms with Crippen LogP contribution in [-0.4, -0.2) is 37.4 Å². The first-order chi connectivity index (χ1) is 15.6. The second kappa shape index (κ2) is 9.83. The minimum atomic E-state index is -0.152. The molecule has 32 heavy (non-hydrogen) atoms. The number of fused-ring (bicyclic) bond motifs is 1. The maximum absolute atomic E-state index is 12.6. The van der Waals surface area contributed by atoms with Gasteiger partial charge in [0, 0.05) is 39.7 Å². The number of methoxy groups -OCH3 is 2. The molecule has 0 spiro atoms. The van der Waals surface area contributed by atoms with E-state index in [0.29, 0.717) is 23.6 Å². The van der Waals surface area contributed by atoms with Crippen molar-refractivity contribution in [3.8, 4) is 22.8 Å². The number of ether oxygens (including phenoxy) is 2. The molecule has 0 radical (unpaired) electrons. The van der Waals surface area contributed by atoms with Crippen LogP contribution in [0, 0.1) is 6.92 Å². The van der Waals surface area contributed by atoms with Crippen LogP contribution >= 0.6 is 11.8 Å². The van der Waals surface area contributed by atoms with Crippen molar-refractivity contribution < 1.29 is 14.3 Å². The minimum absolute atomic E-state index is 0.152. The molecule has 0 unspecified atom stereocenters. The van der Waals surface area contributed by atoms with Gasteiger partial charge in [0.05, 0.1) is 19.9 Å². The predicted molar refractivity (Wildman–Crippen MR) is 131 cm³/mol. The smallest absolute Gasteiger partial charge is 0.251 e. The monoisotopic (exact) mass is 446 g/mol. The van der Waals surface area contributed by atoms with Gasteiger partial charge in [0.1, 0.15) is 11.5 Å². The van der Waals surface area contributed by atoms with E-state index >= 15 is 0 Å². The molecule has 6 heteroatoms. The van der Waals surface area contributed by atoms with Crippen LogP contribution < -0.4 is 14.8 Å². The average Bonchev–Trinajstić information content (AvgIpc) is 3.20. The predicted octanol–water partition coefficient (Wildman–Crippen LogP) is 5.68. The second-order valence-electron chi connectivity index (χ2n) is 7.45. The SMILES string of the molecule is COc1cc(OC)cc(C(=O)NCCSc2c(-c3ccc(C)cc3)[nH]c3ccccc23)c1. The highest BCUT2D eigenvalue weighted by molar-refractivity contribution is 7.99. The maximum Gasteiger partial charge on any atom is 0.251 e. The molecule has 4 rings (SSSR count). The second-order valence-corrected chi connectivity index (χ2v) is 8.55. The number of thioether (sulfide) groups is 1. The zero-order chi connectivity index (χ0) is 22.5. The van der Waals surface area contributed by atoms with Gasteiger partial charge in [-0.25, -0.2) is 0 Å². The summed E-state index contributed by atoms with van der Waals surface area (Å²) in [5.74, 6) is 1.77. The number of benzene rings is 3. The van der Waals surface area contributed by atoms with Gasteiger partial charge >= 0.3 is 0 Å². The summed E-state index contributed by atoms with van der Waals surface area (Å²) in [4.78, 5) is 17.4. The van der Waals surface area contributed by atoms with Crippen molar-refractivity contribution in [2.24, 2.45) is 0 Å². The fourth-order valence-electron chi connectivity index (χ4n) is 3.55. The number of aromatic amines is 1. The van der Waals surface area contributed by atoms with Crippen LogP contribution in [0.2, 0.25) is 0 Å². The van der Waals surface area contributed by atoms with Crippen molar-refractivity contribution in [3.63, 3.8) is 0 Å². The van der Waals surface area contributed by atoms with Gasteiger partial charge < -0.3 is 19.8 Å². The molecular formula is C26H26N2O3S. The first-order valence-corrected chi connectivity index (χ1v) is 11.4. The number of nitrogens with one attached hydrogen (secondary N) is 2. The summed E-state index contributed by atoms with van der Waals surface area (Å²) >= 11 is 1.74. The lowest BCUT2D eigenvalue weighted by Crippen LogP contribution is -2.25. The Bertz CT molecular complexity index is 1210. The Balaban J connectivity index is 1.47. The lowest BCUT2D eigenvalue weighted by Gasteiger charge is -2.10. The number of hydrogen-bond donors (Lipinski definition) is 2. The highest BCUT2D eigenvalue weighted by Crippen LogP contribution is 2.37. The summed E-state index contributed by atoms with van der Waals surface area (Å²) in [6.07, 6.45) is 0. The zero-order valence-corrected chi connectivity index (χ0v) is 19.2. The molecule has 0 aliphatic heterocycles. The first-order valence-electron chi connectivity index (χ1n) is 10.4. The van der Waals surface area contributed by atoms with E-state index in [4.69, 9.17) is 9.47 Å². The summed E-state index contributed by atoms with van der Waals surface area (Å²) in [6, 6.07) is 22.0. The Labute approximate surface area is 192 Å². The molecule has 1 heterocycles. The molecule has 0 aliphatic rings. The lowest BCUT2D eigenvalue weighted by molar-refractivity contribution is 0.0955. The molecular weight excluding hydrogens is 420 g/mol. The molecule has 164 valence electrons. The molecule has 2 N–H and O–H groups in total. The van der Waals surface area contributed by atoms with Crippen molar-refractivity contribution in [3.05, 3.63) is 77.9 Å². The lowest BCUT2D eigenvalue weighted by atomic mass is 10.1. The quantitative estimate of drug-likeness (QED) is 0.270. The number of rotatable bonds is 8. The van der Waals surface area contributed by atoms with E-state index in [-0.39, 0.29) is 5.91 Å². The van der Waals surface area contributed by atoms with E-state index in [2.05, 4.69) is 59.7 Å². The molecule has 1 aromatic heterocycles. The molecule has 0 saturated heterocycles. The van der Waals surface area contributed by atoms with E-state index in [1.165, 1.54) is 15.8 Å². The van der Waals surface area contributed by atoms with Crippen LogP contribution in [0.1, 0.15) is 15.9 Å². The molecule has 0 bridgehead atoms. The molecule has 3 aromatic carbocycles. The van der Waals surface area contributed by atoms with Crippen molar-refractivity contribution >= 4 is 28.6 Å². The molecule has 0 fully saturated rings. The number of aryl methyl sites for hydroxylation is 1. The van der Waals surface area contributed by atoms with E-state index in [1.54, 1.807) is 44.2 Å². The van der Waals surface area contributed by atoms with Gasteiger partial charge in [0.15, 0.2) is 0 Å². The number of carbonyl (C=O) groups is 1. The first kappa shape index (κ1) is 21.8. The minimum Gasteiger partial charge on any atom is -0.497 e. The summed E-state index contributed by atoms with van der Waals surface area (Å²) in [6.45, 7) is 2.63. The molecule has 0 saturated carbocycles. The third-order valence-electron chi connectivity index (χ3n) is 5.25. The fraction of sp³-hybridized carbons (Fsp3) is 0.192. The Morgan fingerprint density at radius 1 is 0.969 bits per heavy atom. The third-order valence-corrected chi connectivity index (χ3v) is 6.37. The Kier molecular flexibility index (Phi) is 6.71. The molecule has 5 nitrogen and oxygen atoms in total. The van der Waals surface area contributed by atoms with E-state index < -0.39 is 0 Å². The number of amides is 1. The van der Waals surface area contributed by atoms with Crippen LogP contribution in [-0.2, 0) is 0 Å². The molecule has 4 aromatic rings. The van der Waals surface area contributed by atoms with Gasteiger partial charge in [-0.2, -0.15) is 0 Å². The number of aromatic nitrogens is 1. The van der Waals surface area contributed by atoms with E-state index in [0.717, 1.165) is 22.5 Å². The standard InChI is InChI=1S/C26H26N2O3S/c1-17-8-10-18(11-9-17)24-25(22-6-4-5-7-23(22)28-24)32-13-12-27-26(29)19-14-20(30-2)16-21(15-19)31-3/h4-11,14-16,28H,12-13H2,1-3H3,(H,27,29). The summed E-state index contributed by atoms with van der Waals surface area (Å²) in [5.41, 5.74) is 5.12. The topological polar surface area (TPSA) is 63.4 Å². The summed E-state index contributed by atoms with van der Waals surface area (Å²) in [7, 11) is 3.14. The maximum atomic E-state index is 12.6. The van der Waals surface area contributed by atoms with Crippen LogP contribution in [0.3, 0.4) is 0 Å². The number of para-hydroxylation sites is 1. The Hall–Kier alpha value is -3.38. The number of carbonyl (C=O) groups excluding carboxylic acids is 1. The van der Waals surface area contributed by atoms with Crippen LogP contribution in [0.25, 0.3) is 22.2 Å². The zero-order valence-electron chi connectivity index (χ0n) is 18.4. The van der Waals surface area contributed by atoms with Crippen LogP contribution in [0.4, 0.5) is 0 Å². The van der Waals surface area contributed by atoms with Gasteiger partial charge in [0.25, 0.3) is 5.91 Å². The molecule has 0 aliphatic carbocycles. The fourth-order valence-corrected chi connectivity index (χ4v) is 4.60. The highest BCUT2D eigenvalue weighted by Gasteiger charge is 2.14. The molecule has 1 amide bonds. The van der Waals surface area contributed by atoms with Gasteiger partial charge in [-0.3, -0.25) is 4.79 Å². The third kappa shape index (κ3) is 4.75. The van der Waals surface area contributed by atoms with Gasteiger partial charge in [-0.15, -0.1) is 11.8 Å². The summed E-state index contributed by atoms with van der Waals surface area (Å²) in [5, 5.41) is 4.19. The largest absolute Gasteiger partial charge is 0.497 e. The van der Waals surface area contributed by atoms with Crippen LogP contribution in [0.5, 0.6) is 11.5 Å². The van der Waals surface area contributed by atoms with Crippen molar-refractivity contribution in [1.29, 1.82) is 0 Å². The van der Waals surface area contributed by atoms with Gasteiger partial charge in [-0.1, -0.05) is 48.0 Å². The Morgan fingerprint density at radius 2 is 1.66 bits per heavy atom. The van der Waals surface area contributed by atoms with Gasteiger partial charge in [0.2, 0.25) is 0 Å². The van der Waals surface area contributed by atoms with Crippen LogP contribution in [0.15, 0.2) is 71.6 Å². The average molecular weight is 447 g/mol. The van der Waals surface area contributed by atoms with Gasteiger partial charge in [-0.05, 0) is 30.7 Å². The van der Waals surface area contributed by atoms with Crippen molar-refractivity contribution in [2.45, 2.75) is 11.8 Å². The van der Waals surface area contributed by atoms with Crippen molar-refractivity contribution in [2.75, 3.05) is 26.5 Å². The molecule has 0 atom stereocenters. The van der Waals surface area contributed by atoms with Crippen molar-refractivity contribution in [1.82, 2.24) is 10.3 Å².